The second-order valence-corrected chi connectivity index (χ2v) is 1.92. The van der Waals surface area contributed by atoms with Gasteiger partial charge in [0.25, 0.3) is 0 Å². The van der Waals surface area contributed by atoms with Gasteiger partial charge in [0.1, 0.15) is 0 Å². The second-order valence-electron chi connectivity index (χ2n) is 1.42. The molecule has 0 heterocycles. The Balaban J connectivity index is 2.83. The second kappa shape index (κ2) is 3.03. The summed E-state index contributed by atoms with van der Waals surface area (Å²) in [4.78, 5) is 0. The zero-order valence-electron chi connectivity index (χ0n) is 4.29. The Kier molecular flexibility index (Phi) is 2.29. The topological polar surface area (TPSA) is 9.23 Å². The molecule has 1 rings (SSSR count). The van der Waals surface area contributed by atoms with Crippen LogP contribution in [-0.4, -0.2) is 0 Å². The molecule has 0 aromatic heterocycles. The van der Waals surface area contributed by atoms with Gasteiger partial charge in [0.15, 0.2) is 0 Å². The van der Waals surface area contributed by atoms with Crippen LogP contribution in [0.15, 0.2) is 30.3 Å². The Bertz CT molecular complexity index is 150. The van der Waals surface area contributed by atoms with Gasteiger partial charge in [0.2, 0.25) is 0 Å². The molecule has 0 atom stereocenters. The summed E-state index contributed by atoms with van der Waals surface area (Å²) in [6, 6.07) is 9.76. The summed E-state index contributed by atoms with van der Waals surface area (Å²) in [7, 11) is 0. The van der Waals surface area contributed by atoms with Crippen molar-refractivity contribution < 1.29 is 28.0 Å². The average molecular weight is 184 g/mol. The van der Waals surface area contributed by atoms with Gasteiger partial charge in [-0.3, -0.25) is 0 Å². The molecule has 2 heteroatoms. The van der Waals surface area contributed by atoms with Crippen molar-refractivity contribution in [1.29, 1.82) is 0 Å². The van der Waals surface area contributed by atoms with Gasteiger partial charge in [-0.05, 0) is 0 Å². The number of hydrogen-bond donors (Lipinski definition) is 0. The molecular formula is C6H5OZr. The van der Waals surface area contributed by atoms with Gasteiger partial charge < -0.3 is 0 Å². The van der Waals surface area contributed by atoms with Crippen molar-refractivity contribution in [2.75, 3.05) is 0 Å². The Labute approximate surface area is 64.1 Å². The van der Waals surface area contributed by atoms with E-state index in [1.807, 2.05) is 30.3 Å². The van der Waals surface area contributed by atoms with Gasteiger partial charge in [-0.2, -0.15) is 0 Å². The fraction of sp³-hybridized carbons (Fsp3) is 0. The molecule has 1 aromatic rings. The first-order chi connectivity index (χ1) is 3.93. The van der Waals surface area contributed by atoms with E-state index < -0.39 is 0 Å². The average Bonchev–Trinajstić information content (AvgIpc) is 1.90. The first kappa shape index (κ1) is 6.03. The van der Waals surface area contributed by atoms with Crippen LogP contribution >= 0.6 is 0 Å². The van der Waals surface area contributed by atoms with E-state index in [1.165, 1.54) is 0 Å². The van der Waals surface area contributed by atoms with Crippen molar-refractivity contribution in [3.05, 3.63) is 30.3 Å². The van der Waals surface area contributed by atoms with Crippen molar-refractivity contribution in [2.45, 2.75) is 0 Å². The molecule has 0 aliphatic carbocycles. The van der Waals surface area contributed by atoms with Gasteiger partial charge in [-0.15, -0.1) is 0 Å². The van der Waals surface area contributed by atoms with Gasteiger partial charge in [-0.1, -0.05) is 0 Å². The van der Waals surface area contributed by atoms with Crippen molar-refractivity contribution in [3.63, 3.8) is 0 Å². The van der Waals surface area contributed by atoms with Crippen LogP contribution < -0.4 is 2.81 Å². The normalized spacial score (nSPS) is 8.38. The molecule has 0 saturated carbocycles. The number of para-hydroxylation sites is 1. The molecule has 0 bridgehead atoms. The SMILES string of the molecule is [Zr][O]c1ccccc1. The van der Waals surface area contributed by atoms with Gasteiger partial charge in [-0.25, -0.2) is 0 Å². The first-order valence-corrected chi connectivity index (χ1v) is 3.32. The Morgan fingerprint density at radius 3 is 2.12 bits per heavy atom. The summed E-state index contributed by atoms with van der Waals surface area (Å²) < 4.78 is 5.00. The molecule has 0 unspecified atom stereocenters. The predicted octanol–water partition coefficient (Wildman–Crippen LogP) is 1.53. The summed E-state index contributed by atoms with van der Waals surface area (Å²) >= 11 is 1.09. The fourth-order valence-corrected chi connectivity index (χ4v) is 0.823. The van der Waals surface area contributed by atoms with E-state index in [4.69, 9.17) is 2.81 Å². The van der Waals surface area contributed by atoms with E-state index in [1.54, 1.807) is 0 Å². The van der Waals surface area contributed by atoms with E-state index in [0.717, 1.165) is 30.9 Å². The molecule has 8 heavy (non-hydrogen) atoms. The predicted molar refractivity (Wildman–Crippen MR) is 27.1 cm³/mol. The molecule has 0 aliphatic heterocycles. The van der Waals surface area contributed by atoms with Crippen LogP contribution in [0.2, 0.25) is 0 Å². The Morgan fingerprint density at radius 2 is 1.75 bits per heavy atom. The molecule has 39 valence electrons. The molecule has 1 aromatic carbocycles. The van der Waals surface area contributed by atoms with Crippen LogP contribution in [0.25, 0.3) is 0 Å². The summed E-state index contributed by atoms with van der Waals surface area (Å²) in [5.41, 5.74) is 0. The summed E-state index contributed by atoms with van der Waals surface area (Å²) in [5.74, 6) is 0.950. The van der Waals surface area contributed by atoms with Crippen molar-refractivity contribution in [3.8, 4) is 5.75 Å². The van der Waals surface area contributed by atoms with Crippen LogP contribution in [0.5, 0.6) is 5.75 Å². The summed E-state index contributed by atoms with van der Waals surface area (Å²) in [6.45, 7) is 0. The Morgan fingerprint density at radius 1 is 1.12 bits per heavy atom. The van der Waals surface area contributed by atoms with Crippen LogP contribution in [0.1, 0.15) is 0 Å². The molecule has 1 nitrogen and oxygen atoms in total. The molecular weight excluding hydrogens is 179 g/mol. The molecule has 0 N–H and O–H groups in total. The van der Waals surface area contributed by atoms with E-state index in [0.29, 0.717) is 0 Å². The molecule has 0 saturated heterocycles. The van der Waals surface area contributed by atoms with Gasteiger partial charge >= 0.3 is 64.1 Å². The minimum absolute atomic E-state index is 0.950. The number of rotatable bonds is 1. The third kappa shape index (κ3) is 1.45. The molecule has 0 aliphatic rings. The van der Waals surface area contributed by atoms with Crippen molar-refractivity contribution in [1.82, 2.24) is 0 Å². The minimum atomic E-state index is 0.950. The monoisotopic (exact) mass is 183 g/mol. The van der Waals surface area contributed by atoms with E-state index in [-0.39, 0.29) is 0 Å². The van der Waals surface area contributed by atoms with E-state index in [9.17, 15) is 0 Å². The number of benzene rings is 1. The van der Waals surface area contributed by atoms with E-state index in [2.05, 4.69) is 0 Å². The van der Waals surface area contributed by atoms with Gasteiger partial charge in [0, 0.05) is 0 Å². The first-order valence-electron chi connectivity index (χ1n) is 2.32. The van der Waals surface area contributed by atoms with Crippen molar-refractivity contribution in [2.24, 2.45) is 0 Å². The standard InChI is InChI=1S/C6H6O.Zr/c7-6-4-2-1-3-5-6;/h1-5,7H;/q;+1/p-1. The molecule has 0 amide bonds. The van der Waals surface area contributed by atoms with E-state index >= 15 is 0 Å². The van der Waals surface area contributed by atoms with Crippen LogP contribution in [0, 0.1) is 0 Å². The number of hydrogen-bond acceptors (Lipinski definition) is 1. The fourth-order valence-electron chi connectivity index (χ4n) is 0.489. The maximum absolute atomic E-state index is 5.00. The van der Waals surface area contributed by atoms with Gasteiger partial charge in [0.05, 0.1) is 0 Å². The zero-order chi connectivity index (χ0) is 5.82. The molecule has 0 spiro atoms. The third-order valence-corrected chi connectivity index (χ3v) is 1.44. The Hall–Kier alpha value is -0.0969. The van der Waals surface area contributed by atoms with Crippen LogP contribution in [-0.2, 0) is 25.2 Å². The third-order valence-electron chi connectivity index (χ3n) is 0.861. The van der Waals surface area contributed by atoms with Crippen molar-refractivity contribution >= 4 is 0 Å². The maximum atomic E-state index is 5.00. The quantitative estimate of drug-likeness (QED) is 0.643. The zero-order valence-corrected chi connectivity index (χ0v) is 6.75. The summed E-state index contributed by atoms with van der Waals surface area (Å²) in [6.07, 6.45) is 0. The molecule has 0 radical (unpaired) electrons. The summed E-state index contributed by atoms with van der Waals surface area (Å²) in [5, 5.41) is 0. The molecule has 0 fully saturated rings. The van der Waals surface area contributed by atoms with Crippen LogP contribution in [0.3, 0.4) is 0 Å². The van der Waals surface area contributed by atoms with Crippen LogP contribution in [0.4, 0.5) is 0 Å².